The monoisotopic (exact) mass is 577 g/mol. The van der Waals surface area contributed by atoms with Gasteiger partial charge in [-0.25, -0.2) is 9.97 Å². The normalized spacial score (nSPS) is 11.5. The van der Waals surface area contributed by atoms with Crippen LogP contribution in [-0.2, 0) is 40.0 Å². The Balaban J connectivity index is 1.15. The standard InChI is InChI=1S/C31H35N3O4S2/c1-31(2,3)27-18-33-28(38-27)20-39-30-19-34-29(40-30)17-24(36)15-21-10-12-25(13-11-21)37-14-6-8-23(35)16-22-7-4-5-9-26(22)32/h4-5,7,9-13,18-19H,6,8,14-17,20,32H2,1-3H3. The molecule has 0 fully saturated rings. The van der Waals surface area contributed by atoms with Crippen LogP contribution in [0.3, 0.4) is 0 Å². The first-order chi connectivity index (χ1) is 19.2. The van der Waals surface area contributed by atoms with E-state index in [1.807, 2.05) is 54.7 Å². The maximum absolute atomic E-state index is 12.6. The Kier molecular flexibility index (Phi) is 10.2. The molecule has 40 heavy (non-hydrogen) atoms. The minimum absolute atomic E-state index is 0.0677. The van der Waals surface area contributed by atoms with Crippen LogP contribution >= 0.6 is 23.1 Å². The Bertz CT molecular complexity index is 1420. The smallest absolute Gasteiger partial charge is 0.204 e. The molecule has 2 heterocycles. The summed E-state index contributed by atoms with van der Waals surface area (Å²) in [6, 6.07) is 15.0. The minimum Gasteiger partial charge on any atom is -0.494 e. The van der Waals surface area contributed by atoms with Gasteiger partial charge in [0.1, 0.15) is 28.1 Å². The van der Waals surface area contributed by atoms with Gasteiger partial charge in [0, 0.05) is 30.4 Å². The number of anilines is 1. The fraction of sp³-hybridized carbons (Fsp3) is 0.355. The fourth-order valence-corrected chi connectivity index (χ4v) is 5.82. The molecule has 4 rings (SSSR count). The number of hydrogen-bond acceptors (Lipinski definition) is 9. The van der Waals surface area contributed by atoms with E-state index in [1.165, 1.54) is 11.3 Å². The molecule has 0 saturated heterocycles. The summed E-state index contributed by atoms with van der Waals surface area (Å²) in [5.41, 5.74) is 8.29. The molecule has 0 aliphatic rings. The number of para-hydroxylation sites is 1. The second-order valence-corrected chi connectivity index (χ2v) is 13.0. The van der Waals surface area contributed by atoms with E-state index in [0.717, 1.165) is 31.9 Å². The minimum atomic E-state index is -0.0677. The Morgan fingerprint density at radius 1 is 0.975 bits per heavy atom. The number of nitrogens with two attached hydrogens (primary N) is 1. The molecule has 0 amide bonds. The number of nitrogens with zero attached hydrogens (tertiary/aromatic N) is 2. The van der Waals surface area contributed by atoms with Gasteiger partial charge < -0.3 is 14.9 Å². The van der Waals surface area contributed by atoms with Crippen molar-refractivity contribution in [2.75, 3.05) is 12.3 Å². The van der Waals surface area contributed by atoms with E-state index in [0.29, 0.717) is 56.0 Å². The molecule has 2 aromatic heterocycles. The van der Waals surface area contributed by atoms with E-state index < -0.39 is 0 Å². The zero-order valence-electron chi connectivity index (χ0n) is 23.1. The number of ketones is 2. The van der Waals surface area contributed by atoms with Crippen molar-refractivity contribution in [3.63, 3.8) is 0 Å². The number of rotatable bonds is 14. The van der Waals surface area contributed by atoms with E-state index in [4.69, 9.17) is 14.9 Å². The average molecular weight is 578 g/mol. The van der Waals surface area contributed by atoms with E-state index in [1.54, 1.807) is 18.0 Å². The first kappa shape index (κ1) is 29.6. The Morgan fingerprint density at radius 2 is 1.75 bits per heavy atom. The summed E-state index contributed by atoms with van der Waals surface area (Å²) in [5, 5.41) is 0.805. The molecule has 0 unspecified atom stereocenters. The van der Waals surface area contributed by atoms with E-state index >= 15 is 0 Å². The predicted molar refractivity (Wildman–Crippen MR) is 160 cm³/mol. The lowest BCUT2D eigenvalue weighted by Crippen LogP contribution is -2.09. The molecular weight excluding hydrogens is 542 g/mol. The van der Waals surface area contributed by atoms with Crippen LogP contribution in [0.2, 0.25) is 0 Å². The van der Waals surface area contributed by atoms with Crippen LogP contribution in [0, 0.1) is 0 Å². The van der Waals surface area contributed by atoms with Crippen LogP contribution in [0.25, 0.3) is 0 Å². The van der Waals surface area contributed by atoms with Gasteiger partial charge in [-0.15, -0.1) is 23.1 Å². The second kappa shape index (κ2) is 13.8. The zero-order chi connectivity index (χ0) is 28.5. The van der Waals surface area contributed by atoms with Crippen LogP contribution < -0.4 is 10.5 Å². The summed E-state index contributed by atoms with van der Waals surface area (Å²) < 4.78 is 12.7. The Labute approximate surface area is 243 Å². The summed E-state index contributed by atoms with van der Waals surface area (Å²) in [5.74, 6) is 3.16. The largest absolute Gasteiger partial charge is 0.494 e. The maximum Gasteiger partial charge on any atom is 0.204 e. The third-order valence-electron chi connectivity index (χ3n) is 6.15. The van der Waals surface area contributed by atoms with Gasteiger partial charge in [-0.05, 0) is 35.7 Å². The molecule has 7 nitrogen and oxygen atoms in total. The number of oxazole rings is 1. The fourth-order valence-electron chi connectivity index (χ4n) is 3.92. The van der Waals surface area contributed by atoms with Crippen molar-refractivity contribution in [1.29, 1.82) is 0 Å². The lowest BCUT2D eigenvalue weighted by atomic mass is 9.94. The van der Waals surface area contributed by atoms with E-state index in [2.05, 4.69) is 30.7 Å². The molecule has 0 aliphatic carbocycles. The number of nitrogen functional groups attached to an aromatic ring is 1. The molecule has 2 N–H and O–H groups in total. The van der Waals surface area contributed by atoms with E-state index in [9.17, 15) is 9.59 Å². The molecule has 0 saturated carbocycles. The lowest BCUT2D eigenvalue weighted by Gasteiger charge is -2.12. The molecule has 0 spiro atoms. The molecule has 9 heteroatoms. The van der Waals surface area contributed by atoms with E-state index in [-0.39, 0.29) is 17.0 Å². The van der Waals surface area contributed by atoms with Crippen molar-refractivity contribution < 1.29 is 18.7 Å². The predicted octanol–water partition coefficient (Wildman–Crippen LogP) is 6.63. The molecule has 0 atom stereocenters. The van der Waals surface area contributed by atoms with Gasteiger partial charge in [0.2, 0.25) is 5.89 Å². The summed E-state index contributed by atoms with van der Waals surface area (Å²) in [6.07, 6.45) is 5.66. The van der Waals surface area contributed by atoms with Gasteiger partial charge in [-0.3, -0.25) is 9.59 Å². The Morgan fingerprint density at radius 3 is 2.48 bits per heavy atom. The van der Waals surface area contributed by atoms with Crippen molar-refractivity contribution in [2.24, 2.45) is 0 Å². The highest BCUT2D eigenvalue weighted by molar-refractivity contribution is 8.00. The van der Waals surface area contributed by atoms with Gasteiger partial charge in [0.05, 0.1) is 35.4 Å². The van der Waals surface area contributed by atoms with Crippen molar-refractivity contribution in [1.82, 2.24) is 9.97 Å². The highest BCUT2D eigenvalue weighted by atomic mass is 32.2. The maximum atomic E-state index is 12.6. The number of benzene rings is 2. The first-order valence-corrected chi connectivity index (χ1v) is 15.1. The van der Waals surface area contributed by atoms with Crippen molar-refractivity contribution in [2.45, 2.75) is 68.3 Å². The van der Waals surface area contributed by atoms with Crippen LogP contribution in [-0.4, -0.2) is 28.1 Å². The number of thioether (sulfide) groups is 1. The highest BCUT2D eigenvalue weighted by Crippen LogP contribution is 2.30. The third-order valence-corrected chi connectivity index (χ3v) is 8.32. The van der Waals surface area contributed by atoms with Gasteiger partial charge in [0.25, 0.3) is 0 Å². The zero-order valence-corrected chi connectivity index (χ0v) is 24.8. The molecule has 0 aliphatic heterocycles. The number of hydrogen-bond donors (Lipinski definition) is 1. The van der Waals surface area contributed by atoms with Gasteiger partial charge >= 0.3 is 0 Å². The van der Waals surface area contributed by atoms with Gasteiger partial charge in [-0.1, -0.05) is 51.1 Å². The topological polar surface area (TPSA) is 108 Å². The van der Waals surface area contributed by atoms with Crippen LogP contribution in [0.4, 0.5) is 5.69 Å². The SMILES string of the molecule is CC(C)(C)c1cnc(CSc2cnc(CC(=O)Cc3ccc(OCCCC(=O)Cc4ccccc4N)cc3)s2)o1. The quantitative estimate of drug-likeness (QED) is 0.101. The molecule has 210 valence electrons. The van der Waals surface area contributed by atoms with Crippen molar-refractivity contribution in [3.8, 4) is 5.75 Å². The summed E-state index contributed by atoms with van der Waals surface area (Å²) in [4.78, 5) is 33.7. The van der Waals surface area contributed by atoms with Crippen molar-refractivity contribution >= 4 is 40.4 Å². The molecule has 0 bridgehead atoms. The van der Waals surface area contributed by atoms with Crippen LogP contribution in [0.1, 0.15) is 61.4 Å². The summed E-state index contributed by atoms with van der Waals surface area (Å²) in [6.45, 7) is 6.73. The first-order valence-electron chi connectivity index (χ1n) is 13.3. The van der Waals surface area contributed by atoms with Crippen molar-refractivity contribution in [3.05, 3.63) is 88.7 Å². The summed E-state index contributed by atoms with van der Waals surface area (Å²) >= 11 is 3.14. The van der Waals surface area contributed by atoms with Crippen LogP contribution in [0.15, 0.2) is 69.6 Å². The van der Waals surface area contributed by atoms with Crippen LogP contribution in [0.5, 0.6) is 5.75 Å². The molecule has 0 radical (unpaired) electrons. The third kappa shape index (κ3) is 9.06. The molecule has 4 aromatic rings. The number of carbonyl (C=O) groups excluding carboxylic acids is 2. The molecule has 2 aromatic carbocycles. The lowest BCUT2D eigenvalue weighted by molar-refractivity contribution is -0.119. The summed E-state index contributed by atoms with van der Waals surface area (Å²) in [7, 11) is 0. The van der Waals surface area contributed by atoms with Gasteiger partial charge in [0.15, 0.2) is 0 Å². The number of aromatic nitrogens is 2. The second-order valence-electron chi connectivity index (χ2n) is 10.6. The Hall–Kier alpha value is -3.43. The number of carbonyl (C=O) groups is 2. The average Bonchev–Trinajstić information content (AvgIpc) is 3.57. The molecular formula is C31H35N3O4S2. The number of Topliss-reactive ketones (excluding diaryl/α,β-unsaturated/α-hetero) is 2. The number of ether oxygens (including phenoxy) is 1. The highest BCUT2D eigenvalue weighted by Gasteiger charge is 2.19. The van der Waals surface area contributed by atoms with Gasteiger partial charge in [-0.2, -0.15) is 0 Å². The number of thiazole rings is 1.